The number of hydrogen-bond acceptors (Lipinski definition) is 3. The van der Waals surface area contributed by atoms with Crippen molar-refractivity contribution in [3.05, 3.63) is 28.2 Å². The zero-order valence-corrected chi connectivity index (χ0v) is 15.5. The molecule has 1 aliphatic rings. The van der Waals surface area contributed by atoms with Crippen molar-refractivity contribution in [3.8, 4) is 5.75 Å². The van der Waals surface area contributed by atoms with E-state index in [1.54, 1.807) is 7.11 Å². The minimum Gasteiger partial charge on any atom is -0.493 e. The number of alkyl halides is 2. The Morgan fingerprint density at radius 2 is 2.11 bits per heavy atom. The molecule has 1 fully saturated rings. The summed E-state index contributed by atoms with van der Waals surface area (Å²) in [5.41, 5.74) is 0.927. The van der Waals surface area contributed by atoms with Gasteiger partial charge in [-0.1, -0.05) is 31.9 Å². The number of halogens is 3. The van der Waals surface area contributed by atoms with Crippen LogP contribution in [-0.2, 0) is 15.3 Å². The van der Waals surface area contributed by atoms with Gasteiger partial charge >= 0.3 is 0 Å². The van der Waals surface area contributed by atoms with Crippen LogP contribution in [0.5, 0.6) is 5.75 Å². The second kappa shape index (κ2) is 6.02. The highest BCUT2D eigenvalue weighted by molar-refractivity contribution is 9.25. The summed E-state index contributed by atoms with van der Waals surface area (Å²) in [6, 6.07) is 5.85. The molecule has 1 saturated heterocycles. The Labute approximate surface area is 138 Å². The Kier molecular flexibility index (Phi) is 4.99. The van der Waals surface area contributed by atoms with E-state index in [4.69, 9.17) is 14.2 Å². The molecule has 0 spiro atoms. The molecular formula is C13H15Br3O3. The van der Waals surface area contributed by atoms with Gasteiger partial charge in [0.25, 0.3) is 0 Å². The molecule has 1 aliphatic heterocycles. The van der Waals surface area contributed by atoms with Gasteiger partial charge in [-0.25, -0.2) is 0 Å². The Morgan fingerprint density at radius 3 is 2.58 bits per heavy atom. The molecule has 3 nitrogen and oxygen atoms in total. The number of benzene rings is 1. The molecule has 1 unspecified atom stereocenters. The van der Waals surface area contributed by atoms with E-state index >= 15 is 0 Å². The number of ether oxygens (including phenoxy) is 3. The van der Waals surface area contributed by atoms with E-state index in [-0.39, 0.29) is 0 Å². The third kappa shape index (κ3) is 2.75. The molecule has 0 radical (unpaired) electrons. The summed E-state index contributed by atoms with van der Waals surface area (Å²) in [5, 5.41) is 0. The first kappa shape index (κ1) is 15.8. The summed E-state index contributed by atoms with van der Waals surface area (Å²) in [5.74, 6) is -0.0365. The standard InChI is InChI=1S/C13H15Br3O3/c1-3-18-11-5-4-9(8-10(11)14)13(17-2)12(15,16)6-7-19-13/h4-5,8H,3,6-7H2,1-2H3. The Hall–Kier alpha value is 0.380. The van der Waals surface area contributed by atoms with Gasteiger partial charge in [0, 0.05) is 19.1 Å². The lowest BCUT2D eigenvalue weighted by molar-refractivity contribution is -0.201. The summed E-state index contributed by atoms with van der Waals surface area (Å²) in [6.45, 7) is 3.21. The summed E-state index contributed by atoms with van der Waals surface area (Å²) in [4.78, 5) is 0. The molecule has 19 heavy (non-hydrogen) atoms. The molecule has 6 heteroatoms. The highest BCUT2D eigenvalue weighted by Gasteiger charge is 2.56. The predicted molar refractivity (Wildman–Crippen MR) is 85.2 cm³/mol. The first-order chi connectivity index (χ1) is 8.97. The molecule has 1 heterocycles. The van der Waals surface area contributed by atoms with E-state index in [0.717, 1.165) is 22.2 Å². The molecule has 1 aromatic carbocycles. The lowest BCUT2D eigenvalue weighted by Crippen LogP contribution is -2.41. The van der Waals surface area contributed by atoms with E-state index in [9.17, 15) is 0 Å². The molecule has 106 valence electrons. The first-order valence-electron chi connectivity index (χ1n) is 5.96. The van der Waals surface area contributed by atoms with Crippen LogP contribution in [0, 0.1) is 0 Å². The maximum Gasteiger partial charge on any atom is 0.220 e. The highest BCUT2D eigenvalue weighted by Crippen LogP contribution is 2.54. The molecule has 1 atom stereocenters. The van der Waals surface area contributed by atoms with Crippen LogP contribution in [-0.4, -0.2) is 23.6 Å². The maximum atomic E-state index is 5.87. The van der Waals surface area contributed by atoms with Gasteiger partial charge in [0.05, 0.1) is 17.7 Å². The number of rotatable bonds is 4. The minimum atomic E-state index is -0.847. The predicted octanol–water partition coefficient (Wildman–Crippen LogP) is 4.55. The Morgan fingerprint density at radius 1 is 1.37 bits per heavy atom. The van der Waals surface area contributed by atoms with Crippen molar-refractivity contribution in [3.63, 3.8) is 0 Å². The Balaban J connectivity index is 2.42. The van der Waals surface area contributed by atoms with Gasteiger partial charge in [0.15, 0.2) is 0 Å². The second-order valence-electron chi connectivity index (χ2n) is 4.20. The monoisotopic (exact) mass is 456 g/mol. The Bertz CT molecular complexity index is 464. The van der Waals surface area contributed by atoms with Gasteiger partial charge in [-0.2, -0.15) is 0 Å². The van der Waals surface area contributed by atoms with E-state index in [1.165, 1.54) is 0 Å². The van der Waals surface area contributed by atoms with Crippen LogP contribution in [0.4, 0.5) is 0 Å². The third-order valence-corrected chi connectivity index (χ3v) is 5.56. The van der Waals surface area contributed by atoms with Gasteiger partial charge < -0.3 is 14.2 Å². The van der Waals surface area contributed by atoms with Crippen molar-refractivity contribution >= 4 is 47.8 Å². The molecule has 1 aromatic rings. The topological polar surface area (TPSA) is 27.7 Å². The van der Waals surface area contributed by atoms with Gasteiger partial charge in [0.2, 0.25) is 5.79 Å². The normalized spacial score (nSPS) is 25.5. The third-order valence-electron chi connectivity index (χ3n) is 3.10. The van der Waals surface area contributed by atoms with E-state index in [0.29, 0.717) is 13.2 Å². The molecule has 0 aliphatic carbocycles. The fourth-order valence-electron chi connectivity index (χ4n) is 2.19. The molecule has 2 rings (SSSR count). The summed E-state index contributed by atoms with van der Waals surface area (Å²) in [6.07, 6.45) is 0.811. The number of methoxy groups -OCH3 is 1. The number of hydrogen-bond donors (Lipinski definition) is 0. The van der Waals surface area contributed by atoms with Crippen molar-refractivity contribution in [2.45, 2.75) is 22.4 Å². The zero-order chi connectivity index (χ0) is 14.1. The summed E-state index contributed by atoms with van der Waals surface area (Å²) in [7, 11) is 1.65. The van der Waals surface area contributed by atoms with Gasteiger partial charge in [-0.3, -0.25) is 0 Å². The largest absolute Gasteiger partial charge is 0.493 e. The van der Waals surface area contributed by atoms with Crippen molar-refractivity contribution < 1.29 is 14.2 Å². The van der Waals surface area contributed by atoms with Gasteiger partial charge in [-0.05, 0) is 41.1 Å². The van der Waals surface area contributed by atoms with E-state index < -0.39 is 9.02 Å². The first-order valence-corrected chi connectivity index (χ1v) is 8.34. The van der Waals surface area contributed by atoms with Crippen LogP contribution in [0.25, 0.3) is 0 Å². The molecular weight excluding hydrogens is 444 g/mol. The van der Waals surface area contributed by atoms with E-state index in [2.05, 4.69) is 47.8 Å². The lowest BCUT2D eigenvalue weighted by atomic mass is 10.0. The summed E-state index contributed by atoms with van der Waals surface area (Å²) < 4.78 is 17.5. The summed E-state index contributed by atoms with van der Waals surface area (Å²) >= 11 is 10.8. The molecule has 0 bridgehead atoms. The lowest BCUT2D eigenvalue weighted by Gasteiger charge is -2.36. The van der Waals surface area contributed by atoms with Crippen LogP contribution < -0.4 is 4.74 Å². The second-order valence-corrected chi connectivity index (χ2v) is 8.83. The molecule has 0 N–H and O–H groups in total. The molecule has 0 aromatic heterocycles. The van der Waals surface area contributed by atoms with Crippen LogP contribution in [0.15, 0.2) is 22.7 Å². The molecule has 0 amide bonds. The minimum absolute atomic E-state index is 0.436. The van der Waals surface area contributed by atoms with Crippen molar-refractivity contribution in [1.29, 1.82) is 0 Å². The maximum absolute atomic E-state index is 5.87. The van der Waals surface area contributed by atoms with Crippen LogP contribution in [0.3, 0.4) is 0 Å². The quantitative estimate of drug-likeness (QED) is 0.619. The fourth-order valence-corrected chi connectivity index (χ4v) is 4.02. The van der Waals surface area contributed by atoms with Crippen molar-refractivity contribution in [1.82, 2.24) is 0 Å². The van der Waals surface area contributed by atoms with Crippen molar-refractivity contribution in [2.75, 3.05) is 20.3 Å². The van der Waals surface area contributed by atoms with Gasteiger partial charge in [-0.15, -0.1) is 0 Å². The van der Waals surface area contributed by atoms with Crippen LogP contribution in [0.2, 0.25) is 0 Å². The molecule has 0 saturated carbocycles. The highest BCUT2D eigenvalue weighted by atomic mass is 79.9. The van der Waals surface area contributed by atoms with Crippen molar-refractivity contribution in [2.24, 2.45) is 0 Å². The van der Waals surface area contributed by atoms with E-state index in [1.807, 2.05) is 25.1 Å². The van der Waals surface area contributed by atoms with Crippen LogP contribution >= 0.6 is 47.8 Å². The average molecular weight is 459 g/mol. The fraction of sp³-hybridized carbons (Fsp3) is 0.538. The smallest absolute Gasteiger partial charge is 0.220 e. The zero-order valence-electron chi connectivity index (χ0n) is 10.7. The van der Waals surface area contributed by atoms with Crippen LogP contribution in [0.1, 0.15) is 18.9 Å². The average Bonchev–Trinajstić information content (AvgIpc) is 2.68. The SMILES string of the molecule is CCOc1ccc(C2(OC)OCCC2(Br)Br)cc1Br. The van der Waals surface area contributed by atoms with Gasteiger partial charge in [0.1, 0.15) is 8.98 Å².